The van der Waals surface area contributed by atoms with E-state index < -0.39 is 4.92 Å². The van der Waals surface area contributed by atoms with Gasteiger partial charge in [-0.3, -0.25) is 14.9 Å². The Morgan fingerprint density at radius 3 is 2.68 bits per heavy atom. The largest absolute Gasteiger partial charge is 0.340 e. The second kappa shape index (κ2) is 6.33. The minimum Gasteiger partial charge on any atom is -0.340 e. The van der Waals surface area contributed by atoms with Crippen LogP contribution in [0.4, 0.5) is 5.69 Å². The van der Waals surface area contributed by atoms with Gasteiger partial charge >= 0.3 is 0 Å². The Morgan fingerprint density at radius 2 is 2.21 bits per heavy atom. The molecule has 2 N–H and O–H groups in total. The van der Waals surface area contributed by atoms with Crippen LogP contribution in [-0.2, 0) is 0 Å². The number of hydrogen-bond donors (Lipinski definition) is 1. The van der Waals surface area contributed by atoms with Crippen molar-refractivity contribution in [1.29, 1.82) is 0 Å². The van der Waals surface area contributed by atoms with Crippen LogP contribution in [0.3, 0.4) is 0 Å². The first-order chi connectivity index (χ1) is 8.88. The third-order valence-electron chi connectivity index (χ3n) is 2.86. The summed E-state index contributed by atoms with van der Waals surface area (Å²) in [6.07, 6.45) is 2.10. The fourth-order valence-corrected chi connectivity index (χ4v) is 1.79. The van der Waals surface area contributed by atoms with E-state index in [0.29, 0.717) is 25.2 Å². The van der Waals surface area contributed by atoms with Gasteiger partial charge < -0.3 is 15.2 Å². The Balaban J connectivity index is 3.03. The molecule has 106 valence electrons. The van der Waals surface area contributed by atoms with Gasteiger partial charge in [0.25, 0.3) is 11.6 Å². The minimum atomic E-state index is -0.491. The first-order valence-electron chi connectivity index (χ1n) is 6.20. The molecule has 0 aliphatic heterocycles. The van der Waals surface area contributed by atoms with E-state index in [1.807, 2.05) is 13.8 Å². The lowest BCUT2D eigenvalue weighted by Crippen LogP contribution is -2.30. The van der Waals surface area contributed by atoms with E-state index in [2.05, 4.69) is 0 Å². The van der Waals surface area contributed by atoms with Gasteiger partial charge in [0, 0.05) is 25.7 Å². The van der Waals surface area contributed by atoms with Gasteiger partial charge in [-0.2, -0.15) is 0 Å². The Labute approximate surface area is 112 Å². The van der Waals surface area contributed by atoms with Crippen LogP contribution in [-0.4, -0.2) is 40.4 Å². The van der Waals surface area contributed by atoms with Crippen molar-refractivity contribution in [1.82, 2.24) is 9.47 Å². The smallest absolute Gasteiger partial charge is 0.287 e. The average Bonchev–Trinajstić information content (AvgIpc) is 2.80. The van der Waals surface area contributed by atoms with Crippen LogP contribution in [0.1, 0.15) is 36.8 Å². The number of carbonyl (C=O) groups is 1. The summed E-state index contributed by atoms with van der Waals surface area (Å²) in [5.41, 5.74) is 5.67. The van der Waals surface area contributed by atoms with Crippen LogP contribution in [0, 0.1) is 10.1 Å². The highest BCUT2D eigenvalue weighted by molar-refractivity contribution is 5.93. The lowest BCUT2D eigenvalue weighted by Gasteiger charge is -2.19. The van der Waals surface area contributed by atoms with Gasteiger partial charge in [-0.15, -0.1) is 0 Å². The molecule has 0 atom stereocenters. The molecule has 19 heavy (non-hydrogen) atoms. The summed E-state index contributed by atoms with van der Waals surface area (Å²) in [6.45, 7) is 4.79. The summed E-state index contributed by atoms with van der Waals surface area (Å²) in [7, 11) is 1.67. The zero-order valence-corrected chi connectivity index (χ0v) is 11.5. The zero-order chi connectivity index (χ0) is 14.6. The molecule has 0 saturated heterocycles. The fraction of sp³-hybridized carbons (Fsp3) is 0.583. The van der Waals surface area contributed by atoms with Crippen molar-refractivity contribution >= 4 is 11.6 Å². The normalized spacial score (nSPS) is 10.8. The van der Waals surface area contributed by atoms with Crippen molar-refractivity contribution in [3.8, 4) is 0 Å². The lowest BCUT2D eigenvalue weighted by atomic mass is 10.3. The van der Waals surface area contributed by atoms with Crippen LogP contribution >= 0.6 is 0 Å². The lowest BCUT2D eigenvalue weighted by molar-refractivity contribution is -0.384. The molecular formula is C12H20N4O3. The number of amides is 1. The van der Waals surface area contributed by atoms with Gasteiger partial charge in [0.1, 0.15) is 5.69 Å². The van der Waals surface area contributed by atoms with Crippen molar-refractivity contribution in [3.63, 3.8) is 0 Å². The van der Waals surface area contributed by atoms with Gasteiger partial charge in [-0.05, 0) is 26.8 Å². The molecule has 0 radical (unpaired) electrons. The van der Waals surface area contributed by atoms with E-state index in [1.54, 1.807) is 11.6 Å². The molecule has 7 nitrogen and oxygen atoms in total. The minimum absolute atomic E-state index is 0.0180. The second-order valence-corrected chi connectivity index (χ2v) is 4.71. The van der Waals surface area contributed by atoms with Gasteiger partial charge in [-0.1, -0.05) is 0 Å². The highest BCUT2D eigenvalue weighted by Gasteiger charge is 2.22. The molecule has 7 heteroatoms. The maximum atomic E-state index is 12.3. The number of rotatable bonds is 6. The summed E-state index contributed by atoms with van der Waals surface area (Å²) < 4.78 is 1.62. The molecule has 1 amide bonds. The zero-order valence-electron chi connectivity index (χ0n) is 11.5. The number of nitrogens with zero attached hydrogens (tertiary/aromatic N) is 3. The number of nitro groups is 1. The molecular weight excluding hydrogens is 248 g/mol. The van der Waals surface area contributed by atoms with Gasteiger partial charge in [0.05, 0.1) is 11.1 Å². The van der Waals surface area contributed by atoms with Crippen LogP contribution in [0.2, 0.25) is 0 Å². The molecule has 1 rings (SSSR count). The summed E-state index contributed by atoms with van der Waals surface area (Å²) in [4.78, 5) is 24.1. The molecule has 0 spiro atoms. The first kappa shape index (κ1) is 15.2. The monoisotopic (exact) mass is 268 g/mol. The Hall–Kier alpha value is -1.89. The Kier molecular flexibility index (Phi) is 5.05. The highest BCUT2D eigenvalue weighted by Crippen LogP contribution is 2.21. The number of nitrogens with two attached hydrogens (primary N) is 1. The standard InChI is InChI=1S/C12H20N4O3/c1-9(2)15-8-10(16(18)19)7-11(15)12(17)14(3)6-4-5-13/h7-9H,4-6,13H2,1-3H3. The van der Waals surface area contributed by atoms with E-state index >= 15 is 0 Å². The van der Waals surface area contributed by atoms with Crippen LogP contribution in [0.15, 0.2) is 12.3 Å². The molecule has 0 aromatic carbocycles. The summed E-state index contributed by atoms with van der Waals surface area (Å²) in [6, 6.07) is 1.30. The molecule has 0 bridgehead atoms. The van der Waals surface area contributed by atoms with Crippen molar-refractivity contribution in [3.05, 3.63) is 28.1 Å². The maximum absolute atomic E-state index is 12.3. The van der Waals surface area contributed by atoms with Crippen LogP contribution < -0.4 is 5.73 Å². The highest BCUT2D eigenvalue weighted by atomic mass is 16.6. The van der Waals surface area contributed by atoms with E-state index in [0.717, 1.165) is 0 Å². The third kappa shape index (κ3) is 3.54. The van der Waals surface area contributed by atoms with E-state index in [9.17, 15) is 14.9 Å². The van der Waals surface area contributed by atoms with Gasteiger partial charge in [0.2, 0.25) is 0 Å². The molecule has 0 fully saturated rings. The second-order valence-electron chi connectivity index (χ2n) is 4.71. The number of carbonyl (C=O) groups excluding carboxylic acids is 1. The predicted octanol–water partition coefficient (Wildman–Crippen LogP) is 1.40. The van der Waals surface area contributed by atoms with Crippen molar-refractivity contribution < 1.29 is 9.72 Å². The molecule has 1 aromatic heterocycles. The molecule has 0 aliphatic rings. The SMILES string of the molecule is CC(C)n1cc([N+](=O)[O-])cc1C(=O)N(C)CCCN. The summed E-state index contributed by atoms with van der Waals surface area (Å²) in [5.74, 6) is -0.227. The van der Waals surface area contributed by atoms with Crippen LogP contribution in [0.25, 0.3) is 0 Å². The number of aromatic nitrogens is 1. The van der Waals surface area contributed by atoms with E-state index in [4.69, 9.17) is 5.73 Å². The van der Waals surface area contributed by atoms with Crippen molar-refractivity contribution in [2.75, 3.05) is 20.1 Å². The predicted molar refractivity (Wildman–Crippen MR) is 72.1 cm³/mol. The maximum Gasteiger partial charge on any atom is 0.287 e. The van der Waals surface area contributed by atoms with Gasteiger partial charge in [-0.25, -0.2) is 0 Å². The van der Waals surface area contributed by atoms with Crippen molar-refractivity contribution in [2.24, 2.45) is 5.73 Å². The van der Waals surface area contributed by atoms with E-state index in [-0.39, 0.29) is 17.6 Å². The van der Waals surface area contributed by atoms with E-state index in [1.165, 1.54) is 17.2 Å². The van der Waals surface area contributed by atoms with Crippen molar-refractivity contribution in [2.45, 2.75) is 26.3 Å². The molecule has 0 saturated carbocycles. The third-order valence-corrected chi connectivity index (χ3v) is 2.86. The fourth-order valence-electron chi connectivity index (χ4n) is 1.79. The molecule has 0 unspecified atom stereocenters. The quantitative estimate of drug-likeness (QED) is 0.623. The average molecular weight is 268 g/mol. The molecule has 0 aliphatic carbocycles. The Morgan fingerprint density at radius 1 is 1.58 bits per heavy atom. The van der Waals surface area contributed by atoms with Gasteiger partial charge in [0.15, 0.2) is 0 Å². The molecule has 1 aromatic rings. The molecule has 1 heterocycles. The topological polar surface area (TPSA) is 94.4 Å². The number of hydrogen-bond acceptors (Lipinski definition) is 4. The summed E-state index contributed by atoms with van der Waals surface area (Å²) >= 11 is 0. The summed E-state index contributed by atoms with van der Waals surface area (Å²) in [5, 5.41) is 10.8. The van der Waals surface area contributed by atoms with Crippen LogP contribution in [0.5, 0.6) is 0 Å². The first-order valence-corrected chi connectivity index (χ1v) is 6.20. The Bertz CT molecular complexity index is 468.